The first-order valence-corrected chi connectivity index (χ1v) is 5.93. The highest BCUT2D eigenvalue weighted by Gasteiger charge is 2.10. The van der Waals surface area contributed by atoms with Gasteiger partial charge in [-0.05, 0) is 20.8 Å². The molecule has 6 heteroatoms. The molecular weight excluding hydrogens is 230 g/mol. The van der Waals surface area contributed by atoms with Crippen LogP contribution in [0.5, 0.6) is 5.88 Å². The Hall–Kier alpha value is -2.11. The van der Waals surface area contributed by atoms with Gasteiger partial charge in [0, 0.05) is 24.2 Å². The summed E-state index contributed by atoms with van der Waals surface area (Å²) >= 11 is 0. The van der Waals surface area contributed by atoms with Crippen molar-refractivity contribution < 1.29 is 4.74 Å². The molecule has 2 aromatic rings. The molecule has 0 saturated carbocycles. The number of anilines is 1. The van der Waals surface area contributed by atoms with Gasteiger partial charge in [0.25, 0.3) is 0 Å². The minimum absolute atomic E-state index is 0.0104. The summed E-state index contributed by atoms with van der Waals surface area (Å²) < 4.78 is 5.39. The van der Waals surface area contributed by atoms with Crippen molar-refractivity contribution in [3.05, 3.63) is 30.0 Å². The molecule has 1 atom stereocenters. The number of aromatic amines is 1. The number of aryl methyl sites for hydroxylation is 1. The summed E-state index contributed by atoms with van der Waals surface area (Å²) in [5.41, 5.74) is 0.864. The van der Waals surface area contributed by atoms with Gasteiger partial charge in [0.05, 0.1) is 12.6 Å². The predicted octanol–water partition coefficient (Wildman–Crippen LogP) is 2.08. The molecule has 0 aliphatic carbocycles. The third-order valence-electron chi connectivity index (χ3n) is 2.40. The van der Waals surface area contributed by atoms with Crippen molar-refractivity contribution in [3.63, 3.8) is 0 Å². The molecule has 0 fully saturated rings. The fourth-order valence-corrected chi connectivity index (χ4v) is 1.60. The molecule has 0 spiro atoms. The van der Waals surface area contributed by atoms with Crippen LogP contribution in [-0.2, 0) is 0 Å². The third-order valence-corrected chi connectivity index (χ3v) is 2.40. The molecule has 0 radical (unpaired) electrons. The zero-order valence-electron chi connectivity index (χ0n) is 10.8. The van der Waals surface area contributed by atoms with E-state index in [0.717, 1.165) is 11.5 Å². The van der Waals surface area contributed by atoms with Crippen molar-refractivity contribution in [1.82, 2.24) is 19.9 Å². The minimum atomic E-state index is 0.0104. The third kappa shape index (κ3) is 2.97. The Kier molecular flexibility index (Phi) is 3.76. The molecule has 0 saturated heterocycles. The second kappa shape index (κ2) is 5.48. The molecule has 0 aromatic carbocycles. The first-order chi connectivity index (χ1) is 8.69. The summed E-state index contributed by atoms with van der Waals surface area (Å²) in [5, 5.41) is 3.19. The van der Waals surface area contributed by atoms with Crippen molar-refractivity contribution in [2.24, 2.45) is 0 Å². The van der Waals surface area contributed by atoms with Gasteiger partial charge in [0.15, 0.2) is 0 Å². The summed E-state index contributed by atoms with van der Waals surface area (Å²) in [4.78, 5) is 15.8. The van der Waals surface area contributed by atoms with Crippen molar-refractivity contribution in [2.45, 2.75) is 26.8 Å². The summed E-state index contributed by atoms with van der Waals surface area (Å²) in [7, 11) is 0. The quantitative estimate of drug-likeness (QED) is 0.846. The van der Waals surface area contributed by atoms with E-state index in [9.17, 15) is 0 Å². The van der Waals surface area contributed by atoms with Crippen LogP contribution in [0.2, 0.25) is 0 Å². The van der Waals surface area contributed by atoms with Crippen LogP contribution in [0.15, 0.2) is 18.5 Å². The number of ether oxygens (including phenoxy) is 1. The lowest BCUT2D eigenvalue weighted by atomic mass is 10.3. The maximum absolute atomic E-state index is 5.39. The Morgan fingerprint density at radius 1 is 1.44 bits per heavy atom. The van der Waals surface area contributed by atoms with E-state index in [0.29, 0.717) is 18.4 Å². The predicted molar refractivity (Wildman–Crippen MR) is 68.6 cm³/mol. The summed E-state index contributed by atoms with van der Waals surface area (Å²) in [6.45, 7) is 6.41. The van der Waals surface area contributed by atoms with E-state index in [1.165, 1.54) is 0 Å². The largest absolute Gasteiger partial charge is 0.478 e. The van der Waals surface area contributed by atoms with E-state index in [2.05, 4.69) is 25.3 Å². The number of nitrogens with zero attached hydrogens (tertiary/aromatic N) is 3. The van der Waals surface area contributed by atoms with Crippen LogP contribution >= 0.6 is 0 Å². The minimum Gasteiger partial charge on any atom is -0.478 e. The van der Waals surface area contributed by atoms with Gasteiger partial charge in [-0.3, -0.25) is 0 Å². The molecule has 2 heterocycles. The number of rotatable bonds is 5. The van der Waals surface area contributed by atoms with E-state index in [4.69, 9.17) is 4.74 Å². The van der Waals surface area contributed by atoms with Gasteiger partial charge in [-0.1, -0.05) is 0 Å². The molecule has 0 aliphatic heterocycles. The molecule has 0 aliphatic rings. The molecule has 96 valence electrons. The van der Waals surface area contributed by atoms with Gasteiger partial charge in [0.1, 0.15) is 5.82 Å². The van der Waals surface area contributed by atoms with E-state index in [-0.39, 0.29) is 6.04 Å². The van der Waals surface area contributed by atoms with Gasteiger partial charge in [0.2, 0.25) is 11.8 Å². The average molecular weight is 247 g/mol. The maximum Gasteiger partial charge on any atom is 0.226 e. The molecule has 18 heavy (non-hydrogen) atoms. The number of hydrogen-bond donors (Lipinski definition) is 2. The highest BCUT2D eigenvalue weighted by Crippen LogP contribution is 2.16. The Morgan fingerprint density at radius 2 is 2.28 bits per heavy atom. The molecule has 2 N–H and O–H groups in total. The summed E-state index contributed by atoms with van der Waals surface area (Å²) in [6.07, 6.45) is 3.51. The van der Waals surface area contributed by atoms with E-state index >= 15 is 0 Å². The van der Waals surface area contributed by atoms with Gasteiger partial charge in [-0.15, -0.1) is 0 Å². The van der Waals surface area contributed by atoms with Crippen LogP contribution in [-0.4, -0.2) is 26.5 Å². The Bertz CT molecular complexity index is 497. The topological polar surface area (TPSA) is 75.7 Å². The number of aromatic nitrogens is 4. The summed E-state index contributed by atoms with van der Waals surface area (Å²) in [6, 6.07) is 1.82. The maximum atomic E-state index is 5.39. The fourth-order valence-electron chi connectivity index (χ4n) is 1.60. The Balaban J connectivity index is 2.13. The van der Waals surface area contributed by atoms with Gasteiger partial charge in [-0.25, -0.2) is 9.97 Å². The van der Waals surface area contributed by atoms with Crippen molar-refractivity contribution in [2.75, 3.05) is 11.9 Å². The van der Waals surface area contributed by atoms with Crippen LogP contribution in [0.3, 0.4) is 0 Å². The molecule has 0 bridgehead atoms. The second-order valence-corrected chi connectivity index (χ2v) is 3.94. The van der Waals surface area contributed by atoms with Crippen molar-refractivity contribution in [1.29, 1.82) is 0 Å². The second-order valence-electron chi connectivity index (χ2n) is 3.94. The van der Waals surface area contributed by atoms with Crippen LogP contribution < -0.4 is 10.1 Å². The van der Waals surface area contributed by atoms with Crippen molar-refractivity contribution in [3.8, 4) is 5.88 Å². The zero-order chi connectivity index (χ0) is 13.0. The van der Waals surface area contributed by atoms with Crippen LogP contribution in [0.1, 0.15) is 31.4 Å². The Morgan fingerprint density at radius 3 is 2.94 bits per heavy atom. The highest BCUT2D eigenvalue weighted by atomic mass is 16.5. The van der Waals surface area contributed by atoms with Gasteiger partial charge in [-0.2, -0.15) is 4.98 Å². The molecule has 0 amide bonds. The Labute approximate surface area is 106 Å². The smallest absolute Gasteiger partial charge is 0.226 e. The number of hydrogen-bond acceptors (Lipinski definition) is 5. The normalized spacial score (nSPS) is 12.2. The van der Waals surface area contributed by atoms with Crippen LogP contribution in [0, 0.1) is 6.92 Å². The number of H-pyrrole nitrogens is 1. The molecule has 2 aromatic heterocycles. The average Bonchev–Trinajstić information content (AvgIpc) is 2.81. The number of imidazole rings is 1. The fraction of sp³-hybridized carbons (Fsp3) is 0.417. The van der Waals surface area contributed by atoms with Gasteiger partial charge >= 0.3 is 0 Å². The lowest BCUT2D eigenvalue weighted by molar-refractivity contribution is 0.326. The van der Waals surface area contributed by atoms with Gasteiger partial charge < -0.3 is 15.0 Å². The molecule has 1 unspecified atom stereocenters. The zero-order valence-corrected chi connectivity index (χ0v) is 10.8. The number of nitrogens with one attached hydrogen (secondary N) is 2. The SMILES string of the molecule is CCOc1cc(C)nc(NC(C)c2ncc[nH]2)n1. The highest BCUT2D eigenvalue weighted by molar-refractivity contribution is 5.32. The molecular formula is C12H17N5O. The van der Waals surface area contributed by atoms with Crippen LogP contribution in [0.25, 0.3) is 0 Å². The lowest BCUT2D eigenvalue weighted by Crippen LogP contribution is -2.12. The summed E-state index contributed by atoms with van der Waals surface area (Å²) in [5.74, 6) is 1.97. The van der Waals surface area contributed by atoms with Crippen molar-refractivity contribution >= 4 is 5.95 Å². The van der Waals surface area contributed by atoms with Crippen LogP contribution in [0.4, 0.5) is 5.95 Å². The monoisotopic (exact) mass is 247 g/mol. The van der Waals surface area contributed by atoms with E-state index < -0.39 is 0 Å². The molecule has 2 rings (SSSR count). The standard InChI is InChI=1S/C12H17N5O/c1-4-18-10-7-8(2)15-12(17-10)16-9(3)11-13-5-6-14-11/h5-7,9H,4H2,1-3H3,(H,13,14)(H,15,16,17). The van der Waals surface area contributed by atoms with E-state index in [1.54, 1.807) is 12.4 Å². The molecule has 6 nitrogen and oxygen atoms in total. The van der Waals surface area contributed by atoms with E-state index in [1.807, 2.05) is 26.8 Å². The first kappa shape index (κ1) is 12.3. The lowest BCUT2D eigenvalue weighted by Gasteiger charge is -2.12. The first-order valence-electron chi connectivity index (χ1n) is 5.93.